The maximum atomic E-state index is 9.59. The molecule has 0 aliphatic carbocycles. The Bertz CT molecular complexity index is 3760. The van der Waals surface area contributed by atoms with Crippen LogP contribution in [0.5, 0.6) is 0 Å². The summed E-state index contributed by atoms with van der Waals surface area (Å²) in [6.45, 7) is 0. The molecular weight excluding hydrogens is 825 g/mol. The van der Waals surface area contributed by atoms with Gasteiger partial charge in [0.25, 0.3) is 0 Å². The molecule has 3 aromatic heterocycles. The van der Waals surface area contributed by atoms with Crippen LogP contribution in [-0.2, 0) is 0 Å². The minimum Gasteiger partial charge on any atom is -0.308 e. The van der Waals surface area contributed by atoms with Crippen LogP contribution >= 0.6 is 11.3 Å². The standard InChI is InChI=1S/C59H34N6S/c60-35-37-15-19-39(20-16-37)44-23-27-47-48-28-24-45(40-21-17-38(36-61)18-22-40)33-54(48)65(53(47)32-44)52-30-26-43(46-25-29-50-49-13-7-8-14-55(49)66-56(50)34-46)31-51(52)59-63-57(41-9-3-1-4-10-41)62-58(64-59)42-11-5-2-6-12-42/h1-34H. The van der Waals surface area contributed by atoms with Crippen LogP contribution < -0.4 is 0 Å². The van der Waals surface area contributed by atoms with Crippen LogP contribution in [0.4, 0.5) is 0 Å². The largest absolute Gasteiger partial charge is 0.308 e. The first-order valence-electron chi connectivity index (χ1n) is 21.6. The lowest BCUT2D eigenvalue weighted by Crippen LogP contribution is -2.04. The predicted octanol–water partition coefficient (Wildman–Crippen LogP) is 15.1. The number of rotatable bonds is 7. The van der Waals surface area contributed by atoms with Gasteiger partial charge >= 0.3 is 0 Å². The summed E-state index contributed by atoms with van der Waals surface area (Å²) in [6, 6.07) is 75.3. The molecule has 9 aromatic carbocycles. The number of nitriles is 2. The Labute approximate surface area is 384 Å². The Hall–Kier alpha value is -9.01. The molecule has 66 heavy (non-hydrogen) atoms. The second-order valence-corrected chi connectivity index (χ2v) is 17.3. The zero-order chi connectivity index (χ0) is 44.1. The van der Waals surface area contributed by atoms with E-state index in [-0.39, 0.29) is 0 Å². The van der Waals surface area contributed by atoms with Crippen molar-refractivity contribution in [3.8, 4) is 85.4 Å². The van der Waals surface area contributed by atoms with Crippen molar-refractivity contribution in [2.75, 3.05) is 0 Å². The third kappa shape index (κ3) is 6.76. The fraction of sp³-hybridized carbons (Fsp3) is 0. The third-order valence-corrected chi connectivity index (χ3v) is 13.5. The smallest absolute Gasteiger partial charge is 0.166 e. The first-order valence-corrected chi connectivity index (χ1v) is 22.4. The number of fused-ring (bicyclic) bond motifs is 6. The first-order chi connectivity index (χ1) is 32.6. The van der Waals surface area contributed by atoms with Gasteiger partial charge in [0, 0.05) is 47.6 Å². The minimum absolute atomic E-state index is 0.545. The van der Waals surface area contributed by atoms with E-state index < -0.39 is 0 Å². The molecule has 12 rings (SSSR count). The lowest BCUT2D eigenvalue weighted by molar-refractivity contribution is 1.06. The van der Waals surface area contributed by atoms with Crippen LogP contribution in [0.25, 0.3) is 115 Å². The van der Waals surface area contributed by atoms with Crippen molar-refractivity contribution >= 4 is 53.3 Å². The lowest BCUT2D eigenvalue weighted by Gasteiger charge is -2.17. The summed E-state index contributed by atoms with van der Waals surface area (Å²) in [5, 5.41) is 23.9. The van der Waals surface area contributed by atoms with E-state index >= 15 is 0 Å². The zero-order valence-electron chi connectivity index (χ0n) is 35.2. The van der Waals surface area contributed by atoms with Gasteiger partial charge in [0.2, 0.25) is 0 Å². The molecule has 0 N–H and O–H groups in total. The summed E-state index contributed by atoms with van der Waals surface area (Å²) in [7, 11) is 0. The van der Waals surface area contributed by atoms with Crippen molar-refractivity contribution in [2.45, 2.75) is 0 Å². The number of thiophene rings is 1. The summed E-state index contributed by atoms with van der Waals surface area (Å²) in [4.78, 5) is 15.7. The van der Waals surface area contributed by atoms with E-state index in [4.69, 9.17) is 15.0 Å². The van der Waals surface area contributed by atoms with Gasteiger partial charge in [-0.15, -0.1) is 11.3 Å². The maximum absolute atomic E-state index is 9.59. The van der Waals surface area contributed by atoms with Crippen molar-refractivity contribution in [3.05, 3.63) is 217 Å². The highest BCUT2D eigenvalue weighted by molar-refractivity contribution is 7.25. The SMILES string of the molecule is N#Cc1ccc(-c2ccc3c4ccc(-c5ccc(C#N)cc5)cc4n(-c4ccc(-c5ccc6c(c5)sc5ccccc56)cc4-c4nc(-c5ccccc5)nc(-c5ccccc5)n4)c3c2)cc1. The number of benzene rings is 9. The van der Waals surface area contributed by atoms with Crippen LogP contribution in [0.15, 0.2) is 206 Å². The summed E-state index contributed by atoms with van der Waals surface area (Å²) in [6.07, 6.45) is 0. The van der Waals surface area contributed by atoms with E-state index in [1.807, 2.05) is 121 Å². The molecule has 3 heterocycles. The van der Waals surface area contributed by atoms with Crippen molar-refractivity contribution in [3.63, 3.8) is 0 Å². The van der Waals surface area contributed by atoms with E-state index in [0.717, 1.165) is 77.6 Å². The highest BCUT2D eigenvalue weighted by Crippen LogP contribution is 2.42. The minimum atomic E-state index is 0.545. The average Bonchev–Trinajstić information content (AvgIpc) is 3.93. The Morgan fingerprint density at radius 1 is 0.348 bits per heavy atom. The van der Waals surface area contributed by atoms with Crippen molar-refractivity contribution in [1.82, 2.24) is 19.5 Å². The maximum Gasteiger partial charge on any atom is 0.166 e. The molecule has 0 unspecified atom stereocenters. The molecular formula is C59H34N6S. The van der Waals surface area contributed by atoms with Gasteiger partial charge in [0.1, 0.15) is 0 Å². The van der Waals surface area contributed by atoms with Crippen LogP contribution in [0, 0.1) is 22.7 Å². The molecule has 306 valence electrons. The number of hydrogen-bond acceptors (Lipinski definition) is 6. The Balaban J connectivity index is 1.16. The van der Waals surface area contributed by atoms with Crippen molar-refractivity contribution in [1.29, 1.82) is 10.5 Å². The van der Waals surface area contributed by atoms with Crippen LogP contribution in [0.2, 0.25) is 0 Å². The molecule has 12 aromatic rings. The molecule has 7 heteroatoms. The van der Waals surface area contributed by atoms with Crippen LogP contribution in [0.3, 0.4) is 0 Å². The van der Waals surface area contributed by atoms with Crippen molar-refractivity contribution in [2.24, 2.45) is 0 Å². The molecule has 0 spiro atoms. The quantitative estimate of drug-likeness (QED) is 0.159. The van der Waals surface area contributed by atoms with Crippen LogP contribution in [-0.4, -0.2) is 19.5 Å². The van der Waals surface area contributed by atoms with Gasteiger partial charge in [0.15, 0.2) is 17.5 Å². The molecule has 0 aliphatic rings. The van der Waals surface area contributed by atoms with Gasteiger partial charge in [-0.25, -0.2) is 15.0 Å². The zero-order valence-corrected chi connectivity index (χ0v) is 36.0. The van der Waals surface area contributed by atoms with Gasteiger partial charge in [-0.2, -0.15) is 10.5 Å². The topological polar surface area (TPSA) is 91.2 Å². The molecule has 0 bridgehead atoms. The van der Waals surface area contributed by atoms with Gasteiger partial charge in [-0.3, -0.25) is 0 Å². The molecule has 0 amide bonds. The Morgan fingerprint density at radius 2 is 0.788 bits per heavy atom. The van der Waals surface area contributed by atoms with E-state index in [2.05, 4.69) is 114 Å². The van der Waals surface area contributed by atoms with Crippen LogP contribution in [0.1, 0.15) is 11.1 Å². The predicted molar refractivity (Wildman–Crippen MR) is 269 cm³/mol. The second kappa shape index (κ2) is 16.0. The number of nitrogens with zero attached hydrogens (tertiary/aromatic N) is 6. The molecule has 0 atom stereocenters. The van der Waals surface area contributed by atoms with E-state index in [1.165, 1.54) is 20.2 Å². The van der Waals surface area contributed by atoms with Gasteiger partial charge in [-0.05, 0) is 94.0 Å². The van der Waals surface area contributed by atoms with Gasteiger partial charge in [-0.1, -0.05) is 146 Å². The summed E-state index contributed by atoms with van der Waals surface area (Å²) < 4.78 is 4.83. The lowest BCUT2D eigenvalue weighted by atomic mass is 9.99. The molecule has 0 fully saturated rings. The van der Waals surface area contributed by atoms with Gasteiger partial charge in [0.05, 0.1) is 40.0 Å². The fourth-order valence-electron chi connectivity index (χ4n) is 9.04. The van der Waals surface area contributed by atoms with E-state index in [0.29, 0.717) is 28.6 Å². The number of hydrogen-bond donors (Lipinski definition) is 0. The third-order valence-electron chi connectivity index (χ3n) is 12.4. The molecule has 6 nitrogen and oxygen atoms in total. The molecule has 0 aliphatic heterocycles. The Morgan fingerprint density at radius 3 is 1.35 bits per heavy atom. The monoisotopic (exact) mass is 858 g/mol. The first kappa shape index (κ1) is 38.6. The van der Waals surface area contributed by atoms with E-state index in [9.17, 15) is 10.5 Å². The highest BCUT2D eigenvalue weighted by atomic mass is 32.1. The van der Waals surface area contributed by atoms with Crippen molar-refractivity contribution < 1.29 is 0 Å². The summed E-state index contributed by atoms with van der Waals surface area (Å²) in [5.74, 6) is 1.70. The molecule has 0 saturated carbocycles. The second-order valence-electron chi connectivity index (χ2n) is 16.3. The Kier molecular flexibility index (Phi) is 9.35. The highest BCUT2D eigenvalue weighted by Gasteiger charge is 2.22. The van der Waals surface area contributed by atoms with E-state index in [1.54, 1.807) is 0 Å². The number of aromatic nitrogens is 4. The summed E-state index contributed by atoms with van der Waals surface area (Å²) in [5.41, 5.74) is 13.0. The fourth-order valence-corrected chi connectivity index (χ4v) is 10.2. The normalized spacial score (nSPS) is 11.3. The summed E-state index contributed by atoms with van der Waals surface area (Å²) >= 11 is 1.81. The average molecular weight is 859 g/mol. The molecule has 0 saturated heterocycles. The molecule has 0 radical (unpaired) electrons. The van der Waals surface area contributed by atoms with Gasteiger partial charge < -0.3 is 4.57 Å².